The van der Waals surface area contributed by atoms with Gasteiger partial charge in [-0.2, -0.15) is 5.10 Å². The first-order chi connectivity index (χ1) is 11.0. The number of para-hydroxylation sites is 1. The average Bonchev–Trinajstić information content (AvgIpc) is 2.95. The van der Waals surface area contributed by atoms with Gasteiger partial charge in [-0.15, -0.1) is 0 Å². The Kier molecular flexibility index (Phi) is 4.07. The van der Waals surface area contributed by atoms with E-state index in [2.05, 4.69) is 10.4 Å². The van der Waals surface area contributed by atoms with Crippen LogP contribution in [0.3, 0.4) is 0 Å². The second-order valence-corrected chi connectivity index (χ2v) is 6.08. The number of hydrogen-bond acceptors (Lipinski definition) is 3. The standard InChI is InChI=1S/C17H20FN3O2/c1-21-14(8-11-19-21)20-15-12(6-5-7-13(15)18)17(16(22)23)9-3-2-4-10-17/h5-8,11,20H,2-4,9-10H2,1H3,(H,22,23). The molecule has 3 rings (SSSR count). The van der Waals surface area contributed by atoms with Gasteiger partial charge < -0.3 is 10.4 Å². The van der Waals surface area contributed by atoms with Crippen LogP contribution in [-0.4, -0.2) is 20.9 Å². The van der Waals surface area contributed by atoms with E-state index >= 15 is 0 Å². The number of nitrogens with one attached hydrogen (secondary N) is 1. The number of carbonyl (C=O) groups is 1. The Bertz CT molecular complexity index is 720. The molecule has 0 radical (unpaired) electrons. The Balaban J connectivity index is 2.10. The van der Waals surface area contributed by atoms with Gasteiger partial charge in [-0.1, -0.05) is 31.4 Å². The first kappa shape index (κ1) is 15.5. The third-order valence-corrected chi connectivity index (χ3v) is 4.72. The molecule has 0 bridgehead atoms. The lowest BCUT2D eigenvalue weighted by molar-refractivity contribution is -0.145. The first-order valence-corrected chi connectivity index (χ1v) is 7.82. The quantitative estimate of drug-likeness (QED) is 0.904. The van der Waals surface area contributed by atoms with Gasteiger partial charge in [0.05, 0.1) is 17.3 Å². The molecule has 0 spiro atoms. The predicted octanol–water partition coefficient (Wildman–Crippen LogP) is 3.59. The number of aryl methyl sites for hydroxylation is 1. The van der Waals surface area contributed by atoms with Crippen molar-refractivity contribution in [3.05, 3.63) is 41.8 Å². The zero-order valence-electron chi connectivity index (χ0n) is 13.1. The Hall–Kier alpha value is -2.37. The molecule has 0 unspecified atom stereocenters. The molecule has 122 valence electrons. The van der Waals surface area contributed by atoms with Crippen molar-refractivity contribution in [2.24, 2.45) is 7.05 Å². The van der Waals surface area contributed by atoms with Crippen LogP contribution in [0, 0.1) is 5.82 Å². The van der Waals surface area contributed by atoms with Crippen LogP contribution in [0.2, 0.25) is 0 Å². The molecule has 0 saturated heterocycles. The van der Waals surface area contributed by atoms with E-state index < -0.39 is 17.2 Å². The Morgan fingerprint density at radius 3 is 2.65 bits per heavy atom. The summed E-state index contributed by atoms with van der Waals surface area (Å²) in [5.74, 6) is -0.710. The molecule has 23 heavy (non-hydrogen) atoms. The number of nitrogens with zero attached hydrogens (tertiary/aromatic N) is 2. The summed E-state index contributed by atoms with van der Waals surface area (Å²) < 4.78 is 16.1. The van der Waals surface area contributed by atoms with Gasteiger partial charge in [0.1, 0.15) is 11.6 Å². The molecule has 2 N–H and O–H groups in total. The minimum absolute atomic E-state index is 0.236. The maximum atomic E-state index is 14.5. The maximum absolute atomic E-state index is 14.5. The van der Waals surface area contributed by atoms with E-state index in [0.717, 1.165) is 19.3 Å². The summed E-state index contributed by atoms with van der Waals surface area (Å²) in [6.07, 6.45) is 5.38. The topological polar surface area (TPSA) is 67.2 Å². The second kappa shape index (κ2) is 6.02. The molecule has 0 amide bonds. The van der Waals surface area contributed by atoms with E-state index in [-0.39, 0.29) is 5.69 Å². The molecule has 0 aliphatic heterocycles. The molecular formula is C17H20FN3O2. The fourth-order valence-electron chi connectivity index (χ4n) is 3.43. The van der Waals surface area contributed by atoms with E-state index in [1.54, 1.807) is 36.1 Å². The summed E-state index contributed by atoms with van der Waals surface area (Å²) in [5.41, 5.74) is -0.271. The van der Waals surface area contributed by atoms with Crippen LogP contribution in [0.25, 0.3) is 0 Å². The van der Waals surface area contributed by atoms with E-state index in [4.69, 9.17) is 0 Å². The normalized spacial score (nSPS) is 17.0. The van der Waals surface area contributed by atoms with E-state index in [1.807, 2.05) is 0 Å². The van der Waals surface area contributed by atoms with Gasteiger partial charge in [-0.25, -0.2) is 4.39 Å². The zero-order chi connectivity index (χ0) is 16.4. The van der Waals surface area contributed by atoms with Crippen molar-refractivity contribution in [1.29, 1.82) is 0 Å². The molecule has 2 aromatic rings. The highest BCUT2D eigenvalue weighted by atomic mass is 19.1. The maximum Gasteiger partial charge on any atom is 0.314 e. The number of hydrogen-bond donors (Lipinski definition) is 2. The second-order valence-electron chi connectivity index (χ2n) is 6.08. The number of carboxylic acids is 1. The van der Waals surface area contributed by atoms with Crippen molar-refractivity contribution in [3.8, 4) is 0 Å². The third kappa shape index (κ3) is 2.69. The lowest BCUT2D eigenvalue weighted by atomic mass is 9.69. The fraction of sp³-hybridized carbons (Fsp3) is 0.412. The molecule has 1 aliphatic rings. The summed E-state index contributed by atoms with van der Waals surface area (Å²) in [6.45, 7) is 0. The minimum atomic E-state index is -1.03. The van der Waals surface area contributed by atoms with Gasteiger partial charge in [0.2, 0.25) is 0 Å². The van der Waals surface area contributed by atoms with Gasteiger partial charge in [-0.3, -0.25) is 9.48 Å². The average molecular weight is 317 g/mol. The van der Waals surface area contributed by atoms with E-state index in [0.29, 0.717) is 24.2 Å². The lowest BCUT2D eigenvalue weighted by Crippen LogP contribution is -2.38. The van der Waals surface area contributed by atoms with Gasteiger partial charge in [0.25, 0.3) is 0 Å². The number of anilines is 2. The largest absolute Gasteiger partial charge is 0.481 e. The minimum Gasteiger partial charge on any atom is -0.481 e. The number of carboxylic acid groups (broad SMARTS) is 1. The third-order valence-electron chi connectivity index (χ3n) is 4.72. The van der Waals surface area contributed by atoms with Gasteiger partial charge in [0, 0.05) is 13.1 Å². The molecule has 6 heteroatoms. The van der Waals surface area contributed by atoms with Gasteiger partial charge in [0.15, 0.2) is 0 Å². The van der Waals surface area contributed by atoms with E-state index in [1.165, 1.54) is 6.07 Å². The molecule has 0 atom stereocenters. The Morgan fingerprint density at radius 2 is 2.04 bits per heavy atom. The van der Waals surface area contributed by atoms with Gasteiger partial charge in [-0.05, 0) is 24.5 Å². The number of halogens is 1. The molecule has 1 aromatic heterocycles. The zero-order valence-corrected chi connectivity index (χ0v) is 13.1. The number of aromatic nitrogens is 2. The highest BCUT2D eigenvalue weighted by Crippen LogP contribution is 2.44. The van der Waals surface area contributed by atoms with Crippen molar-refractivity contribution in [1.82, 2.24) is 9.78 Å². The SMILES string of the molecule is Cn1nccc1Nc1c(F)cccc1C1(C(=O)O)CCCCC1. The first-order valence-electron chi connectivity index (χ1n) is 7.82. The van der Waals surface area contributed by atoms with Crippen LogP contribution < -0.4 is 5.32 Å². The van der Waals surface area contributed by atoms with Gasteiger partial charge >= 0.3 is 5.97 Å². The van der Waals surface area contributed by atoms with Crippen LogP contribution in [-0.2, 0) is 17.3 Å². The lowest BCUT2D eigenvalue weighted by Gasteiger charge is -2.35. The van der Waals surface area contributed by atoms with Crippen molar-refractivity contribution in [3.63, 3.8) is 0 Å². The summed E-state index contributed by atoms with van der Waals surface area (Å²) in [5, 5.41) is 17.0. The van der Waals surface area contributed by atoms with Crippen molar-refractivity contribution in [2.75, 3.05) is 5.32 Å². The number of benzene rings is 1. The molecule has 5 nitrogen and oxygen atoms in total. The molecule has 1 saturated carbocycles. The van der Waals surface area contributed by atoms with Crippen LogP contribution in [0.4, 0.5) is 15.9 Å². The Labute approximate surface area is 134 Å². The smallest absolute Gasteiger partial charge is 0.314 e. The molecule has 1 heterocycles. The summed E-state index contributed by atoms with van der Waals surface area (Å²) in [7, 11) is 1.75. The van der Waals surface area contributed by atoms with Crippen molar-refractivity contribution in [2.45, 2.75) is 37.5 Å². The molecule has 1 aromatic carbocycles. The van der Waals surface area contributed by atoms with Crippen LogP contribution >= 0.6 is 0 Å². The molecular weight excluding hydrogens is 297 g/mol. The molecule has 1 aliphatic carbocycles. The highest BCUT2D eigenvalue weighted by Gasteiger charge is 2.43. The Morgan fingerprint density at radius 1 is 1.30 bits per heavy atom. The summed E-state index contributed by atoms with van der Waals surface area (Å²) >= 11 is 0. The number of aliphatic carboxylic acids is 1. The van der Waals surface area contributed by atoms with Crippen LogP contribution in [0.1, 0.15) is 37.7 Å². The van der Waals surface area contributed by atoms with Crippen molar-refractivity contribution >= 4 is 17.5 Å². The predicted molar refractivity (Wildman–Crippen MR) is 85.3 cm³/mol. The van der Waals surface area contributed by atoms with Crippen LogP contribution in [0.5, 0.6) is 0 Å². The molecule has 1 fully saturated rings. The summed E-state index contributed by atoms with van der Waals surface area (Å²) in [6, 6.07) is 6.38. The van der Waals surface area contributed by atoms with Crippen molar-refractivity contribution < 1.29 is 14.3 Å². The van der Waals surface area contributed by atoms with E-state index in [9.17, 15) is 14.3 Å². The summed E-state index contributed by atoms with van der Waals surface area (Å²) in [4.78, 5) is 12.0. The number of rotatable bonds is 4. The fourth-order valence-corrected chi connectivity index (χ4v) is 3.43. The van der Waals surface area contributed by atoms with Crippen LogP contribution in [0.15, 0.2) is 30.5 Å². The highest BCUT2D eigenvalue weighted by molar-refractivity contribution is 5.85. The monoisotopic (exact) mass is 317 g/mol.